The van der Waals surface area contributed by atoms with Gasteiger partial charge in [0.25, 0.3) is 0 Å². The average molecular weight is 450 g/mol. The molecule has 0 N–H and O–H groups in total. The maximum Gasteiger partial charge on any atom is 0.337 e. The maximum atomic E-state index is 11.7. The molecule has 0 saturated carbocycles. The Morgan fingerprint density at radius 1 is 0.818 bits per heavy atom. The fourth-order valence-corrected chi connectivity index (χ4v) is 5.44. The molecule has 2 heterocycles. The van der Waals surface area contributed by atoms with Crippen LogP contribution in [0.2, 0.25) is 0 Å². The van der Waals surface area contributed by atoms with E-state index in [1.807, 2.05) is 24.3 Å². The van der Waals surface area contributed by atoms with Crippen LogP contribution >= 0.6 is 0 Å². The highest BCUT2D eigenvalue weighted by atomic mass is 16.5. The van der Waals surface area contributed by atoms with Crippen LogP contribution in [0.1, 0.15) is 60.2 Å². The van der Waals surface area contributed by atoms with Gasteiger partial charge >= 0.3 is 5.97 Å². The Morgan fingerprint density at radius 2 is 1.42 bits per heavy atom. The molecule has 2 aromatic carbocycles. The van der Waals surface area contributed by atoms with Gasteiger partial charge in [0, 0.05) is 44.8 Å². The van der Waals surface area contributed by atoms with E-state index in [2.05, 4.69) is 52.8 Å². The van der Waals surface area contributed by atoms with Crippen LogP contribution in [0, 0.1) is 0 Å². The lowest BCUT2D eigenvalue weighted by molar-refractivity contribution is 0.0290. The first-order valence-corrected chi connectivity index (χ1v) is 12.5. The van der Waals surface area contributed by atoms with Gasteiger partial charge in [0.1, 0.15) is 0 Å². The first kappa shape index (κ1) is 23.9. The van der Waals surface area contributed by atoms with Crippen molar-refractivity contribution in [3.63, 3.8) is 0 Å². The van der Waals surface area contributed by atoms with Gasteiger partial charge in [0.2, 0.25) is 0 Å². The Hall–Kier alpha value is -2.21. The van der Waals surface area contributed by atoms with Crippen LogP contribution in [-0.4, -0.2) is 66.0 Å². The molecule has 0 bridgehead atoms. The molecule has 2 aliphatic heterocycles. The van der Waals surface area contributed by atoms with E-state index in [1.54, 1.807) is 0 Å². The number of piperazine rings is 1. The number of rotatable bonds is 7. The van der Waals surface area contributed by atoms with Crippen molar-refractivity contribution in [1.82, 2.24) is 14.7 Å². The summed E-state index contributed by atoms with van der Waals surface area (Å²) in [7, 11) is 1.42. The highest BCUT2D eigenvalue weighted by molar-refractivity contribution is 5.89. The summed E-state index contributed by atoms with van der Waals surface area (Å²) in [6.07, 6.45) is 4.07. The Balaban J connectivity index is 1.32. The van der Waals surface area contributed by atoms with Crippen LogP contribution < -0.4 is 0 Å². The number of methoxy groups -OCH3 is 1. The van der Waals surface area contributed by atoms with Crippen molar-refractivity contribution in [2.45, 2.75) is 64.8 Å². The third-order valence-corrected chi connectivity index (χ3v) is 7.17. The minimum atomic E-state index is -0.280. The zero-order chi connectivity index (χ0) is 23.2. The zero-order valence-electron chi connectivity index (χ0n) is 20.5. The molecule has 178 valence electrons. The van der Waals surface area contributed by atoms with Crippen molar-refractivity contribution < 1.29 is 9.53 Å². The van der Waals surface area contributed by atoms with Crippen LogP contribution in [0.4, 0.5) is 0 Å². The van der Waals surface area contributed by atoms with Gasteiger partial charge in [-0.05, 0) is 68.6 Å². The number of carbonyl (C=O) groups excluding carboxylic acids is 1. The second-order valence-corrected chi connectivity index (χ2v) is 9.91. The van der Waals surface area contributed by atoms with E-state index in [9.17, 15) is 4.79 Å². The van der Waals surface area contributed by atoms with Crippen molar-refractivity contribution >= 4 is 5.97 Å². The van der Waals surface area contributed by atoms with E-state index >= 15 is 0 Å². The molecule has 2 aromatic rings. The first-order valence-electron chi connectivity index (χ1n) is 12.5. The van der Waals surface area contributed by atoms with Crippen LogP contribution in [0.3, 0.4) is 0 Å². The minimum Gasteiger partial charge on any atom is -0.465 e. The lowest BCUT2D eigenvalue weighted by atomic mass is 10.0. The van der Waals surface area contributed by atoms with E-state index in [0.717, 1.165) is 32.7 Å². The molecule has 0 aliphatic carbocycles. The highest BCUT2D eigenvalue weighted by Gasteiger charge is 2.29. The van der Waals surface area contributed by atoms with Crippen molar-refractivity contribution in [3.05, 3.63) is 70.8 Å². The minimum absolute atomic E-state index is 0.280. The van der Waals surface area contributed by atoms with Gasteiger partial charge < -0.3 is 4.74 Å². The van der Waals surface area contributed by atoms with Crippen LogP contribution in [0.25, 0.3) is 0 Å². The van der Waals surface area contributed by atoms with Gasteiger partial charge in [-0.3, -0.25) is 14.7 Å². The second-order valence-electron chi connectivity index (χ2n) is 9.91. The Morgan fingerprint density at radius 3 is 2.06 bits per heavy atom. The third kappa shape index (κ3) is 6.44. The predicted molar refractivity (Wildman–Crippen MR) is 133 cm³/mol. The Bertz CT molecular complexity index is 896. The third-order valence-electron chi connectivity index (χ3n) is 7.17. The van der Waals surface area contributed by atoms with Gasteiger partial charge in [0.15, 0.2) is 0 Å². The summed E-state index contributed by atoms with van der Waals surface area (Å²) in [4.78, 5) is 19.5. The summed E-state index contributed by atoms with van der Waals surface area (Å²) in [5, 5.41) is 0. The topological polar surface area (TPSA) is 36.0 Å². The van der Waals surface area contributed by atoms with Crippen LogP contribution in [-0.2, 0) is 24.4 Å². The SMILES string of the molecule is COC(=O)c1ccc(CN2C[C@@H](C)N(Cc3cccc(CN4CCCCC4)c3)[C@@H](C)C2)cc1. The monoisotopic (exact) mass is 449 g/mol. The number of benzene rings is 2. The fraction of sp³-hybridized carbons (Fsp3) is 0.536. The summed E-state index contributed by atoms with van der Waals surface area (Å²) in [6, 6.07) is 18.0. The van der Waals surface area contributed by atoms with Crippen LogP contribution in [0.5, 0.6) is 0 Å². The van der Waals surface area contributed by atoms with Crippen molar-refractivity contribution in [2.75, 3.05) is 33.3 Å². The molecular weight excluding hydrogens is 410 g/mol. The molecule has 0 aromatic heterocycles. The first-order chi connectivity index (χ1) is 16.0. The van der Waals surface area contributed by atoms with Gasteiger partial charge in [-0.25, -0.2) is 4.79 Å². The molecule has 0 amide bonds. The maximum absolute atomic E-state index is 11.7. The lowest BCUT2D eigenvalue weighted by Gasteiger charge is -2.44. The summed E-state index contributed by atoms with van der Waals surface area (Å²) in [5.41, 5.74) is 4.72. The normalized spacial score (nSPS) is 22.9. The molecule has 2 aliphatic rings. The predicted octanol–water partition coefficient (Wildman–Crippen LogP) is 4.55. The number of likely N-dealkylation sites (tertiary alicyclic amines) is 1. The second kappa shape index (κ2) is 11.3. The quantitative estimate of drug-likeness (QED) is 0.580. The number of ether oxygens (including phenoxy) is 1. The zero-order valence-corrected chi connectivity index (χ0v) is 20.5. The number of esters is 1. The number of piperidine rings is 1. The fourth-order valence-electron chi connectivity index (χ4n) is 5.44. The van der Waals surface area contributed by atoms with Gasteiger partial charge in [0.05, 0.1) is 12.7 Å². The molecular formula is C28H39N3O2. The van der Waals surface area contributed by atoms with Gasteiger partial charge in [-0.15, -0.1) is 0 Å². The molecule has 0 radical (unpaired) electrons. The van der Waals surface area contributed by atoms with E-state index in [4.69, 9.17) is 4.74 Å². The molecule has 2 fully saturated rings. The standard InChI is InChI=1S/C28H39N3O2/c1-22-17-30(19-24-10-12-27(13-11-24)28(32)33-3)18-23(2)31(22)21-26-9-7-8-25(16-26)20-29-14-5-4-6-15-29/h7-13,16,22-23H,4-6,14-15,17-21H2,1-3H3/t22-,23+. The smallest absolute Gasteiger partial charge is 0.337 e. The number of carbonyl (C=O) groups is 1. The molecule has 5 heteroatoms. The molecule has 5 nitrogen and oxygen atoms in total. The summed E-state index contributed by atoms with van der Waals surface area (Å²) < 4.78 is 4.80. The number of hydrogen-bond acceptors (Lipinski definition) is 5. The number of hydrogen-bond donors (Lipinski definition) is 0. The molecule has 2 atom stereocenters. The van der Waals surface area contributed by atoms with E-state index < -0.39 is 0 Å². The number of nitrogens with zero attached hydrogens (tertiary/aromatic N) is 3. The van der Waals surface area contributed by atoms with E-state index in [1.165, 1.54) is 56.2 Å². The average Bonchev–Trinajstić information content (AvgIpc) is 2.82. The Labute approximate surface area is 199 Å². The lowest BCUT2D eigenvalue weighted by Crippen LogP contribution is -2.55. The molecule has 33 heavy (non-hydrogen) atoms. The van der Waals surface area contributed by atoms with Crippen molar-refractivity contribution in [2.24, 2.45) is 0 Å². The van der Waals surface area contributed by atoms with E-state index in [-0.39, 0.29) is 5.97 Å². The van der Waals surface area contributed by atoms with Gasteiger partial charge in [-0.1, -0.05) is 42.8 Å². The van der Waals surface area contributed by atoms with Gasteiger partial charge in [-0.2, -0.15) is 0 Å². The van der Waals surface area contributed by atoms with Crippen molar-refractivity contribution in [3.8, 4) is 0 Å². The summed E-state index contributed by atoms with van der Waals surface area (Å²) in [5.74, 6) is -0.280. The van der Waals surface area contributed by atoms with Crippen molar-refractivity contribution in [1.29, 1.82) is 0 Å². The largest absolute Gasteiger partial charge is 0.465 e. The molecule has 0 spiro atoms. The van der Waals surface area contributed by atoms with Crippen LogP contribution in [0.15, 0.2) is 48.5 Å². The molecule has 2 saturated heterocycles. The summed E-state index contributed by atoms with van der Waals surface area (Å²) in [6.45, 7) is 12.3. The molecule has 4 rings (SSSR count). The summed E-state index contributed by atoms with van der Waals surface area (Å²) >= 11 is 0. The van der Waals surface area contributed by atoms with E-state index in [0.29, 0.717) is 17.6 Å². The highest BCUT2D eigenvalue weighted by Crippen LogP contribution is 2.22. The molecule has 0 unspecified atom stereocenters. The Kier molecular flexibility index (Phi) is 8.18.